The molecule has 2 bridgehead atoms. The van der Waals surface area contributed by atoms with Crippen LogP contribution < -0.4 is 4.90 Å². The molecule has 1 heterocycles. The second kappa shape index (κ2) is 4.29. The molecule has 1 aromatic carbocycles. The maximum absolute atomic E-state index is 12.6. The van der Waals surface area contributed by atoms with Crippen molar-refractivity contribution in [2.45, 2.75) is 18.6 Å². The van der Waals surface area contributed by atoms with Gasteiger partial charge in [-0.1, -0.05) is 23.7 Å². The molecule has 6 atom stereocenters. The molecule has 6 heteroatoms. The van der Waals surface area contributed by atoms with Crippen LogP contribution in [-0.4, -0.2) is 34.2 Å². The Morgan fingerprint density at radius 1 is 1.00 bits per heavy atom. The minimum absolute atomic E-state index is 0.309. The zero-order valence-electron chi connectivity index (χ0n) is 11.0. The van der Waals surface area contributed by atoms with Crippen molar-refractivity contribution in [1.82, 2.24) is 0 Å². The first-order valence-electron chi connectivity index (χ1n) is 7.01. The van der Waals surface area contributed by atoms with Gasteiger partial charge in [0.1, 0.15) is 0 Å². The molecule has 1 aromatic rings. The van der Waals surface area contributed by atoms with Gasteiger partial charge in [0.05, 0.1) is 34.8 Å². The first-order valence-corrected chi connectivity index (χ1v) is 7.38. The summed E-state index contributed by atoms with van der Waals surface area (Å²) >= 11 is 6.09. The van der Waals surface area contributed by atoms with Crippen LogP contribution in [0, 0.1) is 23.7 Å². The van der Waals surface area contributed by atoms with Crippen molar-refractivity contribution in [2.24, 2.45) is 23.7 Å². The third kappa shape index (κ3) is 1.54. The van der Waals surface area contributed by atoms with Crippen LogP contribution in [0.2, 0.25) is 5.02 Å². The van der Waals surface area contributed by atoms with E-state index in [1.807, 2.05) is 0 Å². The van der Waals surface area contributed by atoms with E-state index in [9.17, 15) is 19.8 Å². The van der Waals surface area contributed by atoms with Gasteiger partial charge in [-0.3, -0.25) is 9.59 Å². The average Bonchev–Trinajstić information content (AvgIpc) is 3.06. The van der Waals surface area contributed by atoms with Gasteiger partial charge in [0.2, 0.25) is 11.8 Å². The zero-order valence-corrected chi connectivity index (χ0v) is 11.8. The summed E-state index contributed by atoms with van der Waals surface area (Å²) in [5.74, 6) is -2.35. The average molecular weight is 308 g/mol. The number of halogens is 1. The highest BCUT2D eigenvalue weighted by Gasteiger charge is 2.67. The van der Waals surface area contributed by atoms with Gasteiger partial charge in [-0.25, -0.2) is 4.90 Å². The molecule has 2 N–H and O–H groups in total. The largest absolute Gasteiger partial charge is 0.390 e. The van der Waals surface area contributed by atoms with E-state index in [0.29, 0.717) is 17.1 Å². The molecule has 110 valence electrons. The lowest BCUT2D eigenvalue weighted by molar-refractivity contribution is -0.129. The zero-order chi connectivity index (χ0) is 14.9. The molecular weight excluding hydrogens is 294 g/mol. The highest BCUT2D eigenvalue weighted by Crippen LogP contribution is 2.57. The predicted octanol–water partition coefficient (Wildman–Crippen LogP) is 0.817. The van der Waals surface area contributed by atoms with Gasteiger partial charge in [-0.2, -0.15) is 0 Å². The number of carbonyl (C=O) groups is 2. The maximum atomic E-state index is 12.6. The number of nitrogens with zero attached hydrogens (tertiary/aromatic N) is 1. The van der Waals surface area contributed by atoms with E-state index in [4.69, 9.17) is 11.6 Å². The fraction of sp³-hybridized carbons (Fsp3) is 0.467. The molecule has 3 fully saturated rings. The van der Waals surface area contributed by atoms with Gasteiger partial charge in [-0.05, 0) is 18.6 Å². The number of amides is 2. The maximum Gasteiger partial charge on any atom is 0.238 e. The fourth-order valence-electron chi connectivity index (χ4n) is 4.30. The van der Waals surface area contributed by atoms with Crippen molar-refractivity contribution in [2.75, 3.05) is 4.90 Å². The number of hydrogen-bond donors (Lipinski definition) is 2. The van der Waals surface area contributed by atoms with Crippen LogP contribution in [0.5, 0.6) is 0 Å². The molecule has 2 amide bonds. The summed E-state index contributed by atoms with van der Waals surface area (Å²) in [7, 11) is 0. The molecule has 21 heavy (non-hydrogen) atoms. The number of benzene rings is 1. The van der Waals surface area contributed by atoms with Crippen LogP contribution in [0.1, 0.15) is 6.42 Å². The van der Waals surface area contributed by atoms with Crippen molar-refractivity contribution < 1.29 is 19.8 Å². The van der Waals surface area contributed by atoms with E-state index < -0.39 is 24.0 Å². The fourth-order valence-corrected chi connectivity index (χ4v) is 4.52. The molecule has 1 saturated heterocycles. The molecule has 0 spiro atoms. The van der Waals surface area contributed by atoms with Gasteiger partial charge in [0.25, 0.3) is 0 Å². The van der Waals surface area contributed by atoms with Crippen molar-refractivity contribution >= 4 is 29.1 Å². The van der Waals surface area contributed by atoms with Crippen LogP contribution in [0.4, 0.5) is 5.69 Å². The predicted molar refractivity (Wildman–Crippen MR) is 74.5 cm³/mol. The van der Waals surface area contributed by atoms with E-state index >= 15 is 0 Å². The van der Waals surface area contributed by atoms with Crippen LogP contribution in [0.3, 0.4) is 0 Å². The summed E-state index contributed by atoms with van der Waals surface area (Å²) in [6.45, 7) is 0. The van der Waals surface area contributed by atoms with Crippen LogP contribution in [0.15, 0.2) is 24.3 Å². The van der Waals surface area contributed by atoms with Crippen LogP contribution in [0.25, 0.3) is 0 Å². The van der Waals surface area contributed by atoms with Crippen molar-refractivity contribution in [3.63, 3.8) is 0 Å². The first kappa shape index (κ1) is 13.2. The third-order valence-corrected chi connectivity index (χ3v) is 5.51. The van der Waals surface area contributed by atoms with E-state index in [2.05, 4.69) is 0 Å². The number of imide groups is 1. The number of para-hydroxylation sites is 1. The molecule has 2 aliphatic carbocycles. The Bertz CT molecular complexity index is 616. The Balaban J connectivity index is 1.77. The van der Waals surface area contributed by atoms with Crippen molar-refractivity contribution in [3.05, 3.63) is 29.3 Å². The number of rotatable bonds is 1. The van der Waals surface area contributed by atoms with Gasteiger partial charge in [0.15, 0.2) is 0 Å². The van der Waals surface area contributed by atoms with E-state index in [-0.39, 0.29) is 23.7 Å². The number of aliphatic hydroxyl groups is 2. The second-order valence-corrected chi connectivity index (χ2v) is 6.47. The Labute approximate surface area is 126 Å². The Morgan fingerprint density at radius 2 is 1.52 bits per heavy atom. The van der Waals surface area contributed by atoms with E-state index in [0.717, 1.165) is 4.90 Å². The Hall–Kier alpha value is -1.43. The van der Waals surface area contributed by atoms with Gasteiger partial charge >= 0.3 is 0 Å². The Kier molecular flexibility index (Phi) is 2.70. The first-order chi connectivity index (χ1) is 10.0. The van der Waals surface area contributed by atoms with Gasteiger partial charge < -0.3 is 10.2 Å². The summed E-state index contributed by atoms with van der Waals surface area (Å²) in [4.78, 5) is 26.4. The van der Waals surface area contributed by atoms with E-state index in [1.54, 1.807) is 24.3 Å². The lowest BCUT2D eigenvalue weighted by atomic mass is 9.78. The number of hydrogen-bond acceptors (Lipinski definition) is 4. The lowest BCUT2D eigenvalue weighted by Gasteiger charge is -2.29. The molecule has 0 unspecified atom stereocenters. The number of carbonyl (C=O) groups excluding carboxylic acids is 2. The minimum Gasteiger partial charge on any atom is -0.390 e. The highest BCUT2D eigenvalue weighted by atomic mass is 35.5. The monoisotopic (exact) mass is 307 g/mol. The molecule has 0 radical (unpaired) electrons. The molecule has 5 nitrogen and oxygen atoms in total. The molecule has 4 rings (SSSR count). The molecule has 2 saturated carbocycles. The van der Waals surface area contributed by atoms with Crippen LogP contribution in [-0.2, 0) is 9.59 Å². The quantitative estimate of drug-likeness (QED) is 0.753. The molecular formula is C15H14ClNO4. The topological polar surface area (TPSA) is 77.8 Å². The number of anilines is 1. The standard InChI is InChI=1S/C15H14ClNO4/c16-8-3-1-2-4-9(8)17-14(20)10-6-5-7(11(10)15(17)21)13(19)12(6)18/h1-4,6-7,10-13,18-19H,5H2/t6-,7+,10-,11+,12-,13-/m0/s1. The molecule has 3 aliphatic rings. The summed E-state index contributed by atoms with van der Waals surface area (Å²) in [5, 5.41) is 20.3. The lowest BCUT2D eigenvalue weighted by Crippen LogP contribution is -2.43. The van der Waals surface area contributed by atoms with Crippen molar-refractivity contribution in [1.29, 1.82) is 0 Å². The summed E-state index contributed by atoms with van der Waals surface area (Å²) in [5.41, 5.74) is 0.381. The number of fused-ring (bicyclic) bond motifs is 5. The van der Waals surface area contributed by atoms with Gasteiger partial charge in [0, 0.05) is 11.8 Å². The molecule has 1 aliphatic heterocycles. The Morgan fingerprint density at radius 3 is 2.05 bits per heavy atom. The van der Waals surface area contributed by atoms with E-state index in [1.165, 1.54) is 0 Å². The SMILES string of the molecule is O=C1[C@@H]2[C@H]3C[C@H]([C@H](O)[C@H]3O)[C@@H]2C(=O)N1c1ccccc1Cl. The minimum atomic E-state index is -0.917. The normalized spacial score (nSPS) is 41.0. The summed E-state index contributed by atoms with van der Waals surface area (Å²) in [6.07, 6.45) is -1.30. The molecule has 0 aromatic heterocycles. The van der Waals surface area contributed by atoms with Crippen molar-refractivity contribution in [3.8, 4) is 0 Å². The summed E-state index contributed by atoms with van der Waals surface area (Å²) in [6, 6.07) is 6.71. The third-order valence-electron chi connectivity index (χ3n) is 5.19. The smallest absolute Gasteiger partial charge is 0.238 e. The number of aliphatic hydroxyl groups excluding tert-OH is 2. The van der Waals surface area contributed by atoms with Gasteiger partial charge in [-0.15, -0.1) is 0 Å². The highest BCUT2D eigenvalue weighted by molar-refractivity contribution is 6.36. The van der Waals surface area contributed by atoms with Crippen LogP contribution >= 0.6 is 11.6 Å². The second-order valence-electron chi connectivity index (χ2n) is 6.06. The summed E-state index contributed by atoms with van der Waals surface area (Å²) < 4.78 is 0.